The first kappa shape index (κ1) is 14.3. The minimum absolute atomic E-state index is 0.00896. The van der Waals surface area contributed by atoms with Crippen LogP contribution in [-0.4, -0.2) is 22.0 Å². The standard InChI is InChI=1S/C13H9IN2O4/c14-8-2-3-10(9(5-8)13(19)20)16-12(18)7-1-4-11(17)15-6-7/h1-6H,(H,15,17)(H,16,18)(H,19,20). The average molecular weight is 384 g/mol. The van der Waals surface area contributed by atoms with Gasteiger partial charge in [0, 0.05) is 15.8 Å². The first-order chi connectivity index (χ1) is 9.47. The van der Waals surface area contributed by atoms with Crippen LogP contribution in [0.25, 0.3) is 0 Å². The third-order valence-corrected chi connectivity index (χ3v) is 3.18. The number of amides is 1. The number of carboxylic acid groups (broad SMARTS) is 1. The quantitative estimate of drug-likeness (QED) is 0.705. The summed E-state index contributed by atoms with van der Waals surface area (Å²) in [5, 5.41) is 11.6. The third kappa shape index (κ3) is 3.23. The van der Waals surface area contributed by atoms with E-state index in [9.17, 15) is 14.4 Å². The zero-order valence-electron chi connectivity index (χ0n) is 10.0. The molecule has 0 spiro atoms. The minimum atomic E-state index is -1.12. The van der Waals surface area contributed by atoms with Crippen molar-refractivity contribution in [3.05, 3.63) is 61.6 Å². The highest BCUT2D eigenvalue weighted by Crippen LogP contribution is 2.19. The van der Waals surface area contributed by atoms with E-state index >= 15 is 0 Å². The molecule has 6 nitrogen and oxygen atoms in total. The Hall–Kier alpha value is -2.16. The molecule has 2 aromatic rings. The van der Waals surface area contributed by atoms with E-state index in [1.54, 1.807) is 6.07 Å². The minimum Gasteiger partial charge on any atom is -0.478 e. The number of aromatic carboxylic acids is 1. The second-order valence-electron chi connectivity index (χ2n) is 3.89. The summed E-state index contributed by atoms with van der Waals surface area (Å²) in [5.41, 5.74) is 0.130. The van der Waals surface area contributed by atoms with Crippen molar-refractivity contribution in [3.63, 3.8) is 0 Å². The van der Waals surface area contributed by atoms with Gasteiger partial charge < -0.3 is 15.4 Å². The molecule has 2 rings (SSSR count). The fraction of sp³-hybridized carbons (Fsp3) is 0. The summed E-state index contributed by atoms with van der Waals surface area (Å²) in [6.07, 6.45) is 1.27. The Morgan fingerprint density at radius 3 is 2.55 bits per heavy atom. The molecule has 102 valence electrons. The molecule has 1 aromatic carbocycles. The number of hydrogen-bond acceptors (Lipinski definition) is 3. The number of H-pyrrole nitrogens is 1. The molecule has 0 aliphatic carbocycles. The molecule has 0 aliphatic rings. The van der Waals surface area contributed by atoms with Crippen LogP contribution in [-0.2, 0) is 0 Å². The smallest absolute Gasteiger partial charge is 0.337 e. The van der Waals surface area contributed by atoms with Crippen molar-refractivity contribution < 1.29 is 14.7 Å². The number of pyridine rings is 1. The van der Waals surface area contributed by atoms with Gasteiger partial charge in [-0.15, -0.1) is 0 Å². The van der Waals surface area contributed by atoms with Gasteiger partial charge in [-0.1, -0.05) is 0 Å². The second kappa shape index (κ2) is 5.87. The number of anilines is 1. The first-order valence-corrected chi connectivity index (χ1v) is 6.58. The number of benzene rings is 1. The van der Waals surface area contributed by atoms with Gasteiger partial charge in [-0.25, -0.2) is 4.79 Å². The van der Waals surface area contributed by atoms with E-state index < -0.39 is 11.9 Å². The van der Waals surface area contributed by atoms with Gasteiger partial charge in [0.2, 0.25) is 5.56 Å². The van der Waals surface area contributed by atoms with Crippen LogP contribution in [0.2, 0.25) is 0 Å². The Kier molecular flexibility index (Phi) is 4.18. The SMILES string of the molecule is O=C(Nc1ccc(I)cc1C(=O)O)c1ccc(=O)[nH]c1. The topological polar surface area (TPSA) is 99.3 Å². The summed E-state index contributed by atoms with van der Waals surface area (Å²) < 4.78 is 0.752. The molecule has 1 heterocycles. The lowest BCUT2D eigenvalue weighted by atomic mass is 10.1. The molecule has 1 amide bonds. The van der Waals surface area contributed by atoms with Gasteiger partial charge in [-0.05, 0) is 46.9 Å². The number of halogens is 1. The summed E-state index contributed by atoms with van der Waals surface area (Å²) in [7, 11) is 0. The molecule has 0 saturated heterocycles. The molecule has 0 bridgehead atoms. The highest BCUT2D eigenvalue weighted by molar-refractivity contribution is 14.1. The second-order valence-corrected chi connectivity index (χ2v) is 5.14. The van der Waals surface area contributed by atoms with E-state index in [1.807, 2.05) is 22.6 Å². The summed E-state index contributed by atoms with van der Waals surface area (Å²) in [4.78, 5) is 36.4. The molecule has 3 N–H and O–H groups in total. The predicted octanol–water partition coefficient (Wildman–Crippen LogP) is 1.93. The van der Waals surface area contributed by atoms with Gasteiger partial charge in [0.15, 0.2) is 0 Å². The Labute approximate surface area is 127 Å². The Morgan fingerprint density at radius 1 is 1.20 bits per heavy atom. The van der Waals surface area contributed by atoms with E-state index in [-0.39, 0.29) is 22.4 Å². The van der Waals surface area contributed by atoms with Crippen LogP contribution < -0.4 is 10.9 Å². The Bertz CT molecular complexity index is 719. The fourth-order valence-electron chi connectivity index (χ4n) is 1.55. The van der Waals surface area contributed by atoms with Crippen molar-refractivity contribution in [2.75, 3.05) is 5.32 Å². The maximum atomic E-state index is 12.0. The molecule has 0 saturated carbocycles. The fourth-order valence-corrected chi connectivity index (χ4v) is 2.04. The van der Waals surface area contributed by atoms with Crippen molar-refractivity contribution in [1.82, 2.24) is 4.98 Å². The lowest BCUT2D eigenvalue weighted by Gasteiger charge is -2.08. The van der Waals surface area contributed by atoms with E-state index in [1.165, 1.54) is 30.5 Å². The highest BCUT2D eigenvalue weighted by Gasteiger charge is 2.14. The largest absolute Gasteiger partial charge is 0.478 e. The molecule has 0 atom stereocenters. The van der Waals surface area contributed by atoms with Crippen molar-refractivity contribution in [1.29, 1.82) is 0 Å². The maximum Gasteiger partial charge on any atom is 0.337 e. The molecule has 1 aromatic heterocycles. The van der Waals surface area contributed by atoms with E-state index in [4.69, 9.17) is 5.11 Å². The number of rotatable bonds is 3. The van der Waals surface area contributed by atoms with Crippen molar-refractivity contribution in [2.45, 2.75) is 0 Å². The van der Waals surface area contributed by atoms with Gasteiger partial charge in [0.25, 0.3) is 5.91 Å². The summed E-state index contributed by atoms with van der Waals surface area (Å²) in [5.74, 6) is -1.62. The van der Waals surface area contributed by atoms with Crippen molar-refractivity contribution in [2.24, 2.45) is 0 Å². The van der Waals surface area contributed by atoms with Crippen LogP contribution in [0.4, 0.5) is 5.69 Å². The van der Waals surface area contributed by atoms with Gasteiger partial charge in [0.05, 0.1) is 16.8 Å². The molecule has 0 fully saturated rings. The lowest BCUT2D eigenvalue weighted by molar-refractivity contribution is 0.0698. The van der Waals surface area contributed by atoms with Crippen molar-refractivity contribution in [3.8, 4) is 0 Å². The zero-order chi connectivity index (χ0) is 14.7. The normalized spacial score (nSPS) is 10.1. The van der Waals surface area contributed by atoms with Crippen molar-refractivity contribution >= 4 is 40.2 Å². The first-order valence-electron chi connectivity index (χ1n) is 5.50. The number of carbonyl (C=O) groups excluding carboxylic acids is 1. The molecule has 20 heavy (non-hydrogen) atoms. The van der Waals surface area contributed by atoms with Crippen LogP contribution >= 0.6 is 22.6 Å². The Balaban J connectivity index is 2.30. The van der Waals surface area contributed by atoms with Crippen LogP contribution in [0.15, 0.2) is 41.3 Å². The number of aromatic amines is 1. The predicted molar refractivity (Wildman–Crippen MR) is 81.1 cm³/mol. The molecule has 0 aliphatic heterocycles. The van der Waals surface area contributed by atoms with Crippen LogP contribution in [0, 0.1) is 3.57 Å². The van der Waals surface area contributed by atoms with Gasteiger partial charge in [-0.2, -0.15) is 0 Å². The summed E-state index contributed by atoms with van der Waals surface area (Å²) >= 11 is 1.99. The summed E-state index contributed by atoms with van der Waals surface area (Å²) in [6, 6.07) is 7.26. The van der Waals surface area contributed by atoms with E-state index in [2.05, 4.69) is 10.3 Å². The van der Waals surface area contributed by atoms with E-state index in [0.29, 0.717) is 0 Å². The molecule has 0 radical (unpaired) electrons. The van der Waals surface area contributed by atoms with Crippen LogP contribution in [0.1, 0.15) is 20.7 Å². The summed E-state index contributed by atoms with van der Waals surface area (Å²) in [6.45, 7) is 0. The average Bonchev–Trinajstić information content (AvgIpc) is 2.41. The van der Waals surface area contributed by atoms with Gasteiger partial charge in [0.1, 0.15) is 0 Å². The number of nitrogens with one attached hydrogen (secondary N) is 2. The van der Waals surface area contributed by atoms with Crippen LogP contribution in [0.5, 0.6) is 0 Å². The number of carbonyl (C=O) groups is 2. The number of hydrogen-bond donors (Lipinski definition) is 3. The van der Waals surface area contributed by atoms with E-state index in [0.717, 1.165) is 3.57 Å². The van der Waals surface area contributed by atoms with Gasteiger partial charge in [-0.3, -0.25) is 9.59 Å². The monoisotopic (exact) mass is 384 g/mol. The molecule has 0 unspecified atom stereocenters. The van der Waals surface area contributed by atoms with Gasteiger partial charge >= 0.3 is 5.97 Å². The molecule has 7 heteroatoms. The lowest BCUT2D eigenvalue weighted by Crippen LogP contribution is -2.16. The zero-order valence-corrected chi connectivity index (χ0v) is 12.2. The number of carboxylic acids is 1. The number of aromatic nitrogens is 1. The maximum absolute atomic E-state index is 12.0. The molecular weight excluding hydrogens is 375 g/mol. The third-order valence-electron chi connectivity index (χ3n) is 2.51. The highest BCUT2D eigenvalue weighted by atomic mass is 127. The molecular formula is C13H9IN2O4. The van der Waals surface area contributed by atoms with Crippen LogP contribution in [0.3, 0.4) is 0 Å². The Morgan fingerprint density at radius 2 is 1.95 bits per heavy atom.